The van der Waals surface area contributed by atoms with Crippen molar-refractivity contribution >= 4 is 6.03 Å². The van der Waals surface area contributed by atoms with E-state index in [1.807, 2.05) is 6.07 Å². The first-order valence-electron chi connectivity index (χ1n) is 6.19. The number of rotatable bonds is 1. The molecule has 4 nitrogen and oxygen atoms in total. The molecule has 18 heavy (non-hydrogen) atoms. The predicted octanol–water partition coefficient (Wildman–Crippen LogP) is 1.11. The van der Waals surface area contributed by atoms with E-state index in [1.54, 1.807) is 13.1 Å². The minimum atomic E-state index is -0.220. The van der Waals surface area contributed by atoms with Crippen molar-refractivity contribution in [3.05, 3.63) is 35.1 Å². The van der Waals surface area contributed by atoms with Gasteiger partial charge >= 0.3 is 6.03 Å². The fourth-order valence-electron chi connectivity index (χ4n) is 3.21. The van der Waals surface area contributed by atoms with E-state index in [2.05, 4.69) is 16.0 Å². The molecule has 0 spiro atoms. The third kappa shape index (κ3) is 1.58. The first-order valence-corrected chi connectivity index (χ1v) is 6.19. The molecule has 96 valence electrons. The van der Waals surface area contributed by atoms with Gasteiger partial charge in [0.05, 0.1) is 6.04 Å². The Morgan fingerprint density at radius 3 is 3.06 bits per heavy atom. The molecule has 0 saturated carbocycles. The van der Waals surface area contributed by atoms with Gasteiger partial charge in [0.2, 0.25) is 0 Å². The van der Waals surface area contributed by atoms with Crippen LogP contribution in [0, 0.1) is 11.7 Å². The molecule has 1 saturated heterocycles. The Kier molecular flexibility index (Phi) is 2.70. The maximum absolute atomic E-state index is 14.0. The second kappa shape index (κ2) is 4.24. The molecule has 1 aromatic rings. The van der Waals surface area contributed by atoms with Crippen molar-refractivity contribution in [1.82, 2.24) is 16.0 Å². The summed E-state index contributed by atoms with van der Waals surface area (Å²) in [6, 6.07) is 4.80. The van der Waals surface area contributed by atoms with E-state index in [9.17, 15) is 9.18 Å². The van der Waals surface area contributed by atoms with E-state index in [0.717, 1.165) is 24.2 Å². The van der Waals surface area contributed by atoms with Crippen LogP contribution >= 0.6 is 0 Å². The van der Waals surface area contributed by atoms with E-state index in [0.29, 0.717) is 0 Å². The summed E-state index contributed by atoms with van der Waals surface area (Å²) in [7, 11) is 1.58. The first kappa shape index (κ1) is 11.5. The van der Waals surface area contributed by atoms with Crippen molar-refractivity contribution in [2.75, 3.05) is 20.1 Å². The van der Waals surface area contributed by atoms with Gasteiger partial charge in [-0.05, 0) is 17.2 Å². The molecular weight excluding hydrogens is 233 g/mol. The maximum Gasteiger partial charge on any atom is 0.315 e. The summed E-state index contributed by atoms with van der Waals surface area (Å²) in [6.45, 7) is 1.60. The molecule has 1 aliphatic carbocycles. The van der Waals surface area contributed by atoms with E-state index in [-0.39, 0.29) is 29.7 Å². The van der Waals surface area contributed by atoms with Gasteiger partial charge in [0, 0.05) is 32.0 Å². The van der Waals surface area contributed by atoms with Crippen LogP contribution in [0.1, 0.15) is 23.1 Å². The summed E-state index contributed by atoms with van der Waals surface area (Å²) in [4.78, 5) is 11.5. The number of halogens is 1. The number of carbonyl (C=O) groups excluding carboxylic acids is 1. The molecule has 1 heterocycles. The molecule has 2 aliphatic rings. The Balaban J connectivity index is 2.00. The number of hydrogen-bond acceptors (Lipinski definition) is 2. The molecule has 1 fully saturated rings. The zero-order chi connectivity index (χ0) is 12.7. The fraction of sp³-hybridized carbons (Fsp3) is 0.462. The highest BCUT2D eigenvalue weighted by molar-refractivity contribution is 5.74. The van der Waals surface area contributed by atoms with Crippen LogP contribution in [-0.4, -0.2) is 26.2 Å². The van der Waals surface area contributed by atoms with Crippen LogP contribution in [0.3, 0.4) is 0 Å². The van der Waals surface area contributed by atoms with Crippen LogP contribution in [0.25, 0.3) is 0 Å². The van der Waals surface area contributed by atoms with Gasteiger partial charge in [0.1, 0.15) is 5.82 Å². The largest absolute Gasteiger partial charge is 0.341 e. The SMILES string of the molecule is CNC(=O)N[C@@H]1c2cccc(F)c2C2CNCC21. The van der Waals surface area contributed by atoms with Crippen LogP contribution in [-0.2, 0) is 0 Å². The molecule has 3 N–H and O–H groups in total. The van der Waals surface area contributed by atoms with Crippen LogP contribution in [0.2, 0.25) is 0 Å². The highest BCUT2D eigenvalue weighted by Gasteiger charge is 2.45. The summed E-state index contributed by atoms with van der Waals surface area (Å²) in [5.41, 5.74) is 1.70. The lowest BCUT2D eigenvalue weighted by molar-refractivity contribution is 0.235. The second-order valence-corrected chi connectivity index (χ2v) is 4.87. The highest BCUT2D eigenvalue weighted by atomic mass is 19.1. The number of urea groups is 1. The Morgan fingerprint density at radius 1 is 1.44 bits per heavy atom. The molecule has 0 aromatic heterocycles. The third-order valence-corrected chi connectivity index (χ3v) is 4.00. The second-order valence-electron chi connectivity index (χ2n) is 4.87. The standard InChI is InChI=1S/C13H16FN3O/c1-15-13(18)17-12-7-3-2-4-10(14)11(7)8-5-16-6-9(8)12/h2-4,8-9,12,16H,5-6H2,1H3,(H2,15,17,18)/t8?,9?,12-/m1/s1. The van der Waals surface area contributed by atoms with Gasteiger partial charge in [-0.2, -0.15) is 0 Å². The molecule has 2 amide bonds. The summed E-state index contributed by atoms with van der Waals surface area (Å²) < 4.78 is 14.0. The van der Waals surface area contributed by atoms with Gasteiger partial charge in [0.15, 0.2) is 0 Å². The Hall–Kier alpha value is -1.62. The normalized spacial score (nSPS) is 28.7. The number of nitrogens with one attached hydrogen (secondary N) is 3. The van der Waals surface area contributed by atoms with Crippen LogP contribution in [0.15, 0.2) is 18.2 Å². The first-order chi connectivity index (χ1) is 8.72. The van der Waals surface area contributed by atoms with Gasteiger partial charge in [-0.15, -0.1) is 0 Å². The molecule has 2 unspecified atom stereocenters. The monoisotopic (exact) mass is 249 g/mol. The lowest BCUT2D eigenvalue weighted by atomic mass is 9.94. The number of hydrogen-bond donors (Lipinski definition) is 3. The van der Waals surface area contributed by atoms with Crippen molar-refractivity contribution in [1.29, 1.82) is 0 Å². The van der Waals surface area contributed by atoms with Gasteiger partial charge in [-0.1, -0.05) is 12.1 Å². The van der Waals surface area contributed by atoms with Crippen molar-refractivity contribution in [2.24, 2.45) is 5.92 Å². The Bertz CT molecular complexity index is 491. The molecule has 0 radical (unpaired) electrons. The smallest absolute Gasteiger partial charge is 0.315 e. The Labute approximate surface area is 105 Å². The van der Waals surface area contributed by atoms with Crippen LogP contribution in [0.5, 0.6) is 0 Å². The lowest BCUT2D eigenvalue weighted by Gasteiger charge is -2.20. The van der Waals surface area contributed by atoms with E-state index >= 15 is 0 Å². The van der Waals surface area contributed by atoms with Gasteiger partial charge in [0.25, 0.3) is 0 Å². The zero-order valence-corrected chi connectivity index (χ0v) is 10.2. The summed E-state index contributed by atoms with van der Waals surface area (Å²) in [5, 5.41) is 8.75. The summed E-state index contributed by atoms with van der Waals surface area (Å²) >= 11 is 0. The number of fused-ring (bicyclic) bond motifs is 3. The van der Waals surface area contributed by atoms with E-state index < -0.39 is 0 Å². The molecule has 1 aliphatic heterocycles. The number of benzene rings is 1. The van der Waals surface area contributed by atoms with Crippen LogP contribution < -0.4 is 16.0 Å². The molecular formula is C13H16FN3O. The molecule has 0 bridgehead atoms. The Morgan fingerprint density at radius 2 is 2.28 bits per heavy atom. The predicted molar refractivity (Wildman–Crippen MR) is 65.8 cm³/mol. The lowest BCUT2D eigenvalue weighted by Crippen LogP contribution is -2.38. The zero-order valence-electron chi connectivity index (χ0n) is 10.2. The summed E-state index contributed by atoms with van der Waals surface area (Å²) in [5.74, 6) is 0.255. The highest BCUT2D eigenvalue weighted by Crippen LogP contribution is 2.47. The number of amides is 2. The molecule has 3 atom stereocenters. The van der Waals surface area contributed by atoms with Gasteiger partial charge in [-0.3, -0.25) is 0 Å². The van der Waals surface area contributed by atoms with Crippen molar-refractivity contribution < 1.29 is 9.18 Å². The molecule has 1 aromatic carbocycles. The third-order valence-electron chi connectivity index (χ3n) is 4.00. The topological polar surface area (TPSA) is 53.2 Å². The maximum atomic E-state index is 14.0. The number of carbonyl (C=O) groups is 1. The van der Waals surface area contributed by atoms with Crippen molar-refractivity contribution in [2.45, 2.75) is 12.0 Å². The van der Waals surface area contributed by atoms with Crippen LogP contribution in [0.4, 0.5) is 9.18 Å². The van der Waals surface area contributed by atoms with Gasteiger partial charge < -0.3 is 16.0 Å². The van der Waals surface area contributed by atoms with Crippen molar-refractivity contribution in [3.8, 4) is 0 Å². The minimum absolute atomic E-state index is 0.101. The van der Waals surface area contributed by atoms with E-state index in [4.69, 9.17) is 0 Å². The molecule has 3 rings (SSSR count). The quantitative estimate of drug-likeness (QED) is 0.698. The minimum Gasteiger partial charge on any atom is -0.341 e. The average Bonchev–Trinajstić information content (AvgIpc) is 2.92. The molecule has 5 heteroatoms. The van der Waals surface area contributed by atoms with Gasteiger partial charge in [-0.25, -0.2) is 9.18 Å². The van der Waals surface area contributed by atoms with E-state index in [1.165, 1.54) is 6.07 Å². The van der Waals surface area contributed by atoms with Crippen molar-refractivity contribution in [3.63, 3.8) is 0 Å². The summed E-state index contributed by atoms with van der Waals surface area (Å²) in [6.07, 6.45) is 0. The fourth-order valence-corrected chi connectivity index (χ4v) is 3.21. The average molecular weight is 249 g/mol.